The molecule has 1 fully saturated rings. The van der Waals surface area contributed by atoms with Gasteiger partial charge in [0.15, 0.2) is 0 Å². The lowest BCUT2D eigenvalue weighted by molar-refractivity contribution is 0.302. The smallest absolute Gasteiger partial charge is 0.0194 e. The van der Waals surface area contributed by atoms with Crippen molar-refractivity contribution in [2.75, 3.05) is 0 Å². The van der Waals surface area contributed by atoms with Gasteiger partial charge in [0, 0.05) is 0 Å². The van der Waals surface area contributed by atoms with E-state index in [0.29, 0.717) is 0 Å². The monoisotopic (exact) mass is 316 g/mol. The first kappa shape index (κ1) is 18.8. The van der Waals surface area contributed by atoms with Crippen LogP contribution in [-0.4, -0.2) is 0 Å². The molecule has 5 unspecified atom stereocenters. The van der Waals surface area contributed by atoms with Gasteiger partial charge in [0.25, 0.3) is 0 Å². The van der Waals surface area contributed by atoms with Gasteiger partial charge in [0.2, 0.25) is 0 Å². The molecule has 132 valence electrons. The highest BCUT2D eigenvalue weighted by Crippen LogP contribution is 2.39. The molecule has 0 aromatic rings. The molecule has 0 bridgehead atoms. The SMILES string of the molecule is CCCCCC(CCCC(C=C1CC1C)CC)C1C=CC(C)C1. The van der Waals surface area contributed by atoms with E-state index in [4.69, 9.17) is 0 Å². The zero-order valence-corrected chi connectivity index (χ0v) is 16.2. The Balaban J connectivity index is 1.76. The second-order valence-electron chi connectivity index (χ2n) is 8.46. The molecule has 2 aliphatic rings. The summed E-state index contributed by atoms with van der Waals surface area (Å²) in [7, 11) is 0. The molecule has 0 heteroatoms. The first-order valence-electron chi connectivity index (χ1n) is 10.5. The van der Waals surface area contributed by atoms with E-state index in [1.165, 1.54) is 64.2 Å². The number of allylic oxidation sites excluding steroid dienone is 4. The Morgan fingerprint density at radius 2 is 1.78 bits per heavy atom. The van der Waals surface area contributed by atoms with Crippen LogP contribution in [-0.2, 0) is 0 Å². The maximum Gasteiger partial charge on any atom is -0.0194 e. The first-order chi connectivity index (χ1) is 11.1. The molecule has 0 aromatic carbocycles. The summed E-state index contributed by atoms with van der Waals surface area (Å²) in [5.74, 6) is 4.40. The van der Waals surface area contributed by atoms with Crippen molar-refractivity contribution in [1.82, 2.24) is 0 Å². The summed E-state index contributed by atoms with van der Waals surface area (Å²) in [5.41, 5.74) is 1.74. The second kappa shape index (κ2) is 9.70. The van der Waals surface area contributed by atoms with E-state index in [9.17, 15) is 0 Å². The Morgan fingerprint density at radius 3 is 2.35 bits per heavy atom. The van der Waals surface area contributed by atoms with Crippen molar-refractivity contribution in [3.8, 4) is 0 Å². The van der Waals surface area contributed by atoms with Gasteiger partial charge in [-0.25, -0.2) is 0 Å². The molecule has 0 nitrogen and oxygen atoms in total. The first-order valence-corrected chi connectivity index (χ1v) is 10.5. The highest BCUT2D eigenvalue weighted by Gasteiger charge is 2.26. The third-order valence-corrected chi connectivity index (χ3v) is 6.25. The van der Waals surface area contributed by atoms with Crippen LogP contribution in [0.25, 0.3) is 0 Å². The van der Waals surface area contributed by atoms with E-state index in [2.05, 4.69) is 45.9 Å². The summed E-state index contributed by atoms with van der Waals surface area (Å²) in [6.07, 6.45) is 21.7. The van der Waals surface area contributed by atoms with Crippen LogP contribution in [0.4, 0.5) is 0 Å². The van der Waals surface area contributed by atoms with Crippen molar-refractivity contribution in [2.24, 2.45) is 29.6 Å². The zero-order chi connectivity index (χ0) is 16.7. The minimum atomic E-state index is 0.818. The predicted octanol–water partition coefficient (Wildman–Crippen LogP) is 7.56. The van der Waals surface area contributed by atoms with Crippen molar-refractivity contribution >= 4 is 0 Å². The fraction of sp³-hybridized carbons (Fsp3) is 0.826. The lowest BCUT2D eigenvalue weighted by Crippen LogP contribution is -2.13. The Hall–Kier alpha value is -0.520. The molecule has 2 aliphatic carbocycles. The third-order valence-electron chi connectivity index (χ3n) is 6.25. The largest absolute Gasteiger partial charge is 0.0854 e. The Kier molecular flexibility index (Phi) is 7.93. The van der Waals surface area contributed by atoms with Crippen LogP contribution in [0.1, 0.15) is 91.9 Å². The minimum Gasteiger partial charge on any atom is -0.0854 e. The van der Waals surface area contributed by atoms with E-state index >= 15 is 0 Å². The van der Waals surface area contributed by atoms with Gasteiger partial charge in [-0.1, -0.05) is 77.2 Å². The molecule has 1 saturated carbocycles. The van der Waals surface area contributed by atoms with Gasteiger partial charge in [-0.3, -0.25) is 0 Å². The molecule has 0 saturated heterocycles. The molecule has 0 N–H and O–H groups in total. The average Bonchev–Trinajstić information content (AvgIpc) is 3.05. The average molecular weight is 317 g/mol. The van der Waals surface area contributed by atoms with E-state index < -0.39 is 0 Å². The molecule has 0 aliphatic heterocycles. The van der Waals surface area contributed by atoms with E-state index in [1.54, 1.807) is 5.57 Å². The summed E-state index contributed by atoms with van der Waals surface area (Å²) in [4.78, 5) is 0. The van der Waals surface area contributed by atoms with Crippen molar-refractivity contribution in [1.29, 1.82) is 0 Å². The van der Waals surface area contributed by atoms with Gasteiger partial charge < -0.3 is 0 Å². The summed E-state index contributed by atoms with van der Waals surface area (Å²) in [6, 6.07) is 0. The van der Waals surface area contributed by atoms with Gasteiger partial charge in [-0.15, -0.1) is 0 Å². The maximum atomic E-state index is 2.62. The highest BCUT2D eigenvalue weighted by atomic mass is 14.3. The Labute approximate surface area is 145 Å². The summed E-state index contributed by atoms with van der Waals surface area (Å²) in [6.45, 7) is 9.45. The molecule has 2 rings (SSSR count). The summed E-state index contributed by atoms with van der Waals surface area (Å²) >= 11 is 0. The van der Waals surface area contributed by atoms with Crippen LogP contribution < -0.4 is 0 Å². The lowest BCUT2D eigenvalue weighted by atomic mass is 9.81. The number of unbranched alkanes of at least 4 members (excludes halogenated alkanes) is 2. The fourth-order valence-corrected chi connectivity index (χ4v) is 4.37. The van der Waals surface area contributed by atoms with Crippen molar-refractivity contribution in [3.63, 3.8) is 0 Å². The van der Waals surface area contributed by atoms with Gasteiger partial charge >= 0.3 is 0 Å². The molecule has 0 radical (unpaired) electrons. The number of rotatable bonds is 11. The second-order valence-corrected chi connectivity index (χ2v) is 8.46. The van der Waals surface area contributed by atoms with E-state index in [-0.39, 0.29) is 0 Å². The molecule has 0 heterocycles. The van der Waals surface area contributed by atoms with Crippen molar-refractivity contribution in [3.05, 3.63) is 23.8 Å². The lowest BCUT2D eigenvalue weighted by Gasteiger charge is -2.24. The van der Waals surface area contributed by atoms with Crippen molar-refractivity contribution < 1.29 is 0 Å². The van der Waals surface area contributed by atoms with Crippen LogP contribution in [0.5, 0.6) is 0 Å². The van der Waals surface area contributed by atoms with E-state index in [1.807, 2.05) is 0 Å². The summed E-state index contributed by atoms with van der Waals surface area (Å²) < 4.78 is 0. The summed E-state index contributed by atoms with van der Waals surface area (Å²) in [5, 5.41) is 0. The quantitative estimate of drug-likeness (QED) is 0.272. The van der Waals surface area contributed by atoms with Gasteiger partial charge in [-0.2, -0.15) is 0 Å². The predicted molar refractivity (Wildman–Crippen MR) is 104 cm³/mol. The topological polar surface area (TPSA) is 0 Å². The van der Waals surface area contributed by atoms with Crippen LogP contribution >= 0.6 is 0 Å². The van der Waals surface area contributed by atoms with Crippen LogP contribution in [0.3, 0.4) is 0 Å². The van der Waals surface area contributed by atoms with Gasteiger partial charge in [-0.05, 0) is 68.1 Å². The standard InChI is InChI=1S/C23H40/c1-5-7-8-11-21(22-14-13-18(3)15-22)12-9-10-20(6-2)17-23-16-19(23)4/h13-14,17-22H,5-12,15-16H2,1-4H3. The normalized spacial score (nSPS) is 30.8. The Bertz CT molecular complexity index is 389. The zero-order valence-electron chi connectivity index (χ0n) is 16.2. The molecule has 23 heavy (non-hydrogen) atoms. The van der Waals surface area contributed by atoms with Crippen LogP contribution in [0, 0.1) is 29.6 Å². The molecule has 0 aromatic heterocycles. The molecule has 5 atom stereocenters. The van der Waals surface area contributed by atoms with Crippen LogP contribution in [0.15, 0.2) is 23.8 Å². The number of hydrogen-bond donors (Lipinski definition) is 0. The highest BCUT2D eigenvalue weighted by molar-refractivity contribution is 5.22. The van der Waals surface area contributed by atoms with Gasteiger partial charge in [0.05, 0.1) is 0 Å². The maximum absolute atomic E-state index is 2.62. The van der Waals surface area contributed by atoms with Crippen molar-refractivity contribution in [2.45, 2.75) is 91.9 Å². The molecule has 0 spiro atoms. The van der Waals surface area contributed by atoms with Gasteiger partial charge in [0.1, 0.15) is 0 Å². The fourth-order valence-electron chi connectivity index (χ4n) is 4.37. The van der Waals surface area contributed by atoms with E-state index in [0.717, 1.165) is 29.6 Å². The number of hydrogen-bond acceptors (Lipinski definition) is 0. The Morgan fingerprint density at radius 1 is 1.04 bits per heavy atom. The third kappa shape index (κ3) is 6.48. The minimum absolute atomic E-state index is 0.818. The van der Waals surface area contributed by atoms with Crippen LogP contribution in [0.2, 0.25) is 0 Å². The molecular weight excluding hydrogens is 276 g/mol. The molecule has 0 amide bonds. The molecular formula is C23H40.